The minimum Gasteiger partial charge on any atom is -0.493 e. The molecule has 0 saturated heterocycles. The van der Waals surface area contributed by atoms with Crippen LogP contribution in [0.25, 0.3) is 0 Å². The number of hydrogen-bond donors (Lipinski definition) is 1. The third-order valence-electron chi connectivity index (χ3n) is 4.06. The van der Waals surface area contributed by atoms with Crippen molar-refractivity contribution in [1.82, 2.24) is 0 Å². The summed E-state index contributed by atoms with van der Waals surface area (Å²) < 4.78 is 49.3. The fourth-order valence-corrected chi connectivity index (χ4v) is 4.00. The molecule has 2 rings (SSSR count). The molecule has 0 saturated carbocycles. The normalized spacial score (nSPS) is 12.2. The van der Waals surface area contributed by atoms with Crippen LogP contribution in [0.2, 0.25) is 0 Å². The van der Waals surface area contributed by atoms with Gasteiger partial charge in [0.25, 0.3) is 0 Å². The van der Waals surface area contributed by atoms with Crippen molar-refractivity contribution in [2.45, 2.75) is 19.4 Å². The molecule has 9 heteroatoms. The molecule has 152 valence electrons. The summed E-state index contributed by atoms with van der Waals surface area (Å²) in [5.74, 6) is -0.104. The molecule has 0 spiro atoms. The van der Waals surface area contributed by atoms with Crippen LogP contribution in [0.3, 0.4) is 0 Å². The van der Waals surface area contributed by atoms with E-state index in [2.05, 4.69) is 5.32 Å². The van der Waals surface area contributed by atoms with Crippen LogP contribution in [0.15, 0.2) is 42.5 Å². The Morgan fingerprint density at radius 1 is 1.11 bits per heavy atom. The molecule has 1 amide bonds. The lowest BCUT2D eigenvalue weighted by Gasteiger charge is -2.30. The van der Waals surface area contributed by atoms with Gasteiger partial charge in [-0.1, -0.05) is 6.92 Å². The Balaban J connectivity index is 2.35. The Morgan fingerprint density at radius 2 is 1.71 bits per heavy atom. The van der Waals surface area contributed by atoms with Gasteiger partial charge < -0.3 is 14.8 Å². The highest BCUT2D eigenvalue weighted by Crippen LogP contribution is 2.30. The first kappa shape index (κ1) is 21.5. The van der Waals surface area contributed by atoms with Gasteiger partial charge in [0.15, 0.2) is 11.5 Å². The third-order valence-corrected chi connectivity index (χ3v) is 5.24. The fraction of sp³-hybridized carbons (Fsp3) is 0.316. The van der Waals surface area contributed by atoms with Gasteiger partial charge in [-0.05, 0) is 42.8 Å². The van der Waals surface area contributed by atoms with Crippen LogP contribution in [0.1, 0.15) is 13.3 Å². The summed E-state index contributed by atoms with van der Waals surface area (Å²) in [4.78, 5) is 12.9. The fourth-order valence-electron chi connectivity index (χ4n) is 2.79. The van der Waals surface area contributed by atoms with Crippen LogP contribution in [-0.4, -0.2) is 40.8 Å². The quantitative estimate of drug-likeness (QED) is 0.723. The molecule has 28 heavy (non-hydrogen) atoms. The van der Waals surface area contributed by atoms with Gasteiger partial charge in [0.2, 0.25) is 15.9 Å². The Morgan fingerprint density at radius 3 is 2.21 bits per heavy atom. The van der Waals surface area contributed by atoms with Crippen LogP contribution in [0.5, 0.6) is 11.5 Å². The standard InChI is InChI=1S/C19H23FN2O5S/c1-5-16(22(28(4,24)25)15-9-6-13(20)7-10-15)19(23)21-14-8-11-17(26-2)18(12-14)27-3/h6-12,16H,5H2,1-4H3,(H,21,23)/t16-/m1/s1. The largest absolute Gasteiger partial charge is 0.493 e. The number of hydrogen-bond acceptors (Lipinski definition) is 5. The van der Waals surface area contributed by atoms with E-state index in [0.29, 0.717) is 17.2 Å². The molecule has 0 aromatic heterocycles. The minimum atomic E-state index is -3.80. The summed E-state index contributed by atoms with van der Waals surface area (Å²) in [7, 11) is -0.831. The van der Waals surface area contributed by atoms with Crippen LogP contribution in [0.4, 0.5) is 15.8 Å². The van der Waals surface area contributed by atoms with Crippen molar-refractivity contribution < 1.29 is 27.1 Å². The van der Waals surface area contributed by atoms with E-state index in [4.69, 9.17) is 9.47 Å². The Hall–Kier alpha value is -2.81. The molecule has 0 fully saturated rings. The highest BCUT2D eigenvalue weighted by molar-refractivity contribution is 7.92. The van der Waals surface area contributed by atoms with E-state index >= 15 is 0 Å². The van der Waals surface area contributed by atoms with Crippen LogP contribution < -0.4 is 19.1 Å². The van der Waals surface area contributed by atoms with E-state index in [9.17, 15) is 17.6 Å². The second-order valence-electron chi connectivity index (χ2n) is 6.02. The van der Waals surface area contributed by atoms with Gasteiger partial charge in [-0.2, -0.15) is 0 Å². The van der Waals surface area contributed by atoms with Crippen molar-refractivity contribution in [3.63, 3.8) is 0 Å². The lowest BCUT2D eigenvalue weighted by atomic mass is 10.1. The zero-order valence-electron chi connectivity index (χ0n) is 16.1. The second kappa shape index (κ2) is 8.92. The number of sulfonamides is 1. The summed E-state index contributed by atoms with van der Waals surface area (Å²) in [5, 5.41) is 2.70. The van der Waals surface area contributed by atoms with E-state index in [1.807, 2.05) is 0 Å². The van der Waals surface area contributed by atoms with Crippen LogP contribution in [0, 0.1) is 5.82 Å². The molecule has 2 aromatic carbocycles. The predicted octanol–water partition coefficient (Wildman–Crippen LogP) is 3.03. The summed E-state index contributed by atoms with van der Waals surface area (Å²) in [5.41, 5.74) is 0.631. The molecule has 0 unspecified atom stereocenters. The van der Waals surface area contributed by atoms with Gasteiger partial charge in [-0.15, -0.1) is 0 Å². The molecule has 2 aromatic rings. The minimum absolute atomic E-state index is 0.207. The van der Waals surface area contributed by atoms with Crippen molar-refractivity contribution >= 4 is 27.3 Å². The predicted molar refractivity (Wildman–Crippen MR) is 106 cm³/mol. The molecular weight excluding hydrogens is 387 g/mol. The molecule has 0 aliphatic rings. The van der Waals surface area contributed by atoms with Crippen molar-refractivity contribution in [2.75, 3.05) is 30.1 Å². The first-order chi connectivity index (χ1) is 13.2. The van der Waals surface area contributed by atoms with E-state index in [1.165, 1.54) is 26.4 Å². The van der Waals surface area contributed by atoms with Gasteiger partial charge in [0, 0.05) is 11.8 Å². The molecule has 0 radical (unpaired) electrons. The Bertz CT molecular complexity index is 932. The third kappa shape index (κ3) is 4.92. The lowest BCUT2D eigenvalue weighted by Crippen LogP contribution is -2.47. The number of rotatable bonds is 8. The number of nitrogens with one attached hydrogen (secondary N) is 1. The molecule has 7 nitrogen and oxygen atoms in total. The van der Waals surface area contributed by atoms with Crippen molar-refractivity contribution in [3.8, 4) is 11.5 Å². The summed E-state index contributed by atoms with van der Waals surface area (Å²) >= 11 is 0. The molecule has 1 atom stereocenters. The number of halogens is 1. The number of carbonyl (C=O) groups excluding carboxylic acids is 1. The molecule has 1 N–H and O–H groups in total. The highest BCUT2D eigenvalue weighted by atomic mass is 32.2. The van der Waals surface area contributed by atoms with E-state index in [1.54, 1.807) is 25.1 Å². The van der Waals surface area contributed by atoms with Gasteiger partial charge in [0.05, 0.1) is 26.2 Å². The van der Waals surface area contributed by atoms with Gasteiger partial charge >= 0.3 is 0 Å². The second-order valence-corrected chi connectivity index (χ2v) is 7.88. The SMILES string of the molecule is CC[C@H](C(=O)Nc1ccc(OC)c(OC)c1)N(c1ccc(F)cc1)S(C)(=O)=O. The van der Waals surface area contributed by atoms with Crippen molar-refractivity contribution in [3.05, 3.63) is 48.3 Å². The number of amides is 1. The Labute approximate surface area is 164 Å². The molecule has 0 heterocycles. The van der Waals surface area contributed by atoms with Crippen LogP contribution >= 0.6 is 0 Å². The van der Waals surface area contributed by atoms with Crippen LogP contribution in [-0.2, 0) is 14.8 Å². The number of carbonyl (C=O) groups is 1. The smallest absolute Gasteiger partial charge is 0.248 e. The zero-order valence-corrected chi connectivity index (χ0v) is 16.9. The average Bonchev–Trinajstić information content (AvgIpc) is 2.65. The molecule has 0 aliphatic carbocycles. The summed E-state index contributed by atoms with van der Waals surface area (Å²) in [6, 6.07) is 8.74. The van der Waals surface area contributed by atoms with Gasteiger partial charge in [-0.25, -0.2) is 12.8 Å². The maximum atomic E-state index is 13.2. The first-order valence-electron chi connectivity index (χ1n) is 8.49. The zero-order chi connectivity index (χ0) is 20.9. The van der Waals surface area contributed by atoms with E-state index < -0.39 is 27.8 Å². The van der Waals surface area contributed by atoms with E-state index in [0.717, 1.165) is 22.7 Å². The molecule has 0 bridgehead atoms. The number of methoxy groups -OCH3 is 2. The highest BCUT2D eigenvalue weighted by Gasteiger charge is 2.31. The van der Waals surface area contributed by atoms with Gasteiger partial charge in [0.1, 0.15) is 11.9 Å². The number of ether oxygens (including phenoxy) is 2. The first-order valence-corrected chi connectivity index (χ1v) is 10.3. The maximum Gasteiger partial charge on any atom is 0.248 e. The maximum absolute atomic E-state index is 13.2. The lowest BCUT2D eigenvalue weighted by molar-refractivity contribution is -0.117. The van der Waals surface area contributed by atoms with Crippen molar-refractivity contribution in [2.24, 2.45) is 0 Å². The number of anilines is 2. The van der Waals surface area contributed by atoms with Gasteiger partial charge in [-0.3, -0.25) is 9.10 Å². The Kier molecular flexibility index (Phi) is 6.85. The topological polar surface area (TPSA) is 84.9 Å². The summed E-state index contributed by atoms with van der Waals surface area (Å²) in [6.45, 7) is 1.69. The number of benzene rings is 2. The molecule has 0 aliphatic heterocycles. The molecular formula is C19H23FN2O5S. The monoisotopic (exact) mass is 410 g/mol. The van der Waals surface area contributed by atoms with E-state index in [-0.39, 0.29) is 12.1 Å². The van der Waals surface area contributed by atoms with Crippen molar-refractivity contribution in [1.29, 1.82) is 0 Å². The summed E-state index contributed by atoms with van der Waals surface area (Å²) in [6.07, 6.45) is 1.21. The number of nitrogens with zero attached hydrogens (tertiary/aromatic N) is 1. The average molecular weight is 410 g/mol.